The minimum atomic E-state index is -0.209. The van der Waals surface area contributed by atoms with Gasteiger partial charge in [0.2, 0.25) is 5.78 Å². The zero-order chi connectivity index (χ0) is 18.6. The van der Waals surface area contributed by atoms with Crippen molar-refractivity contribution in [2.75, 3.05) is 5.32 Å². The van der Waals surface area contributed by atoms with Gasteiger partial charge in [0.05, 0.1) is 11.0 Å². The summed E-state index contributed by atoms with van der Waals surface area (Å²) in [6, 6.07) is 18.1. The van der Waals surface area contributed by atoms with Gasteiger partial charge in [0.1, 0.15) is 5.82 Å². The van der Waals surface area contributed by atoms with Crippen molar-refractivity contribution in [3.05, 3.63) is 89.9 Å². The highest BCUT2D eigenvalue weighted by Gasteiger charge is 2.08. The number of hydrogen-bond acceptors (Lipinski definition) is 3. The van der Waals surface area contributed by atoms with E-state index >= 15 is 0 Å². The van der Waals surface area contributed by atoms with Crippen LogP contribution in [-0.2, 0) is 0 Å². The molecule has 27 heavy (non-hydrogen) atoms. The summed E-state index contributed by atoms with van der Waals surface area (Å²) in [5, 5.41) is 2.76. The Morgan fingerprint density at radius 2 is 1.78 bits per heavy atom. The number of rotatable bonds is 5. The third kappa shape index (κ3) is 3.69. The van der Waals surface area contributed by atoms with Crippen LogP contribution in [0.25, 0.3) is 17.1 Å². The Hall–Kier alpha value is -3.93. The third-order valence-corrected chi connectivity index (χ3v) is 4.07. The Balaban J connectivity index is 1.44. The van der Waals surface area contributed by atoms with Crippen molar-refractivity contribution in [2.45, 2.75) is 0 Å². The number of carbonyl (C=O) groups is 2. The molecule has 2 aromatic heterocycles. The summed E-state index contributed by atoms with van der Waals surface area (Å²) in [6.45, 7) is 0. The van der Waals surface area contributed by atoms with Gasteiger partial charge in [0.25, 0.3) is 5.91 Å². The van der Waals surface area contributed by atoms with E-state index in [-0.39, 0.29) is 11.7 Å². The highest BCUT2D eigenvalue weighted by Crippen LogP contribution is 2.13. The minimum Gasteiger partial charge on any atom is -0.348 e. The minimum absolute atomic E-state index is 0.202. The van der Waals surface area contributed by atoms with E-state index in [2.05, 4.69) is 20.3 Å². The Bertz CT molecular complexity index is 1090. The molecule has 0 radical (unpaired) electrons. The number of allylic oxidation sites excluding steroid dienone is 1. The summed E-state index contributed by atoms with van der Waals surface area (Å²) in [4.78, 5) is 34.6. The highest BCUT2D eigenvalue weighted by atomic mass is 16.1. The van der Waals surface area contributed by atoms with Crippen molar-refractivity contribution in [3.8, 4) is 0 Å². The van der Waals surface area contributed by atoms with Crippen molar-refractivity contribution in [3.63, 3.8) is 0 Å². The second-order valence-electron chi connectivity index (χ2n) is 5.96. The SMILES string of the molecule is O=C(Nc1ccc[nH]1)c1ccc(C=CC(=O)c2nc3ccccc3[nH]2)cc1. The normalized spacial score (nSPS) is 11.1. The lowest BCUT2D eigenvalue weighted by molar-refractivity contribution is 0.102. The van der Waals surface area contributed by atoms with E-state index in [1.807, 2.05) is 30.3 Å². The highest BCUT2D eigenvalue weighted by molar-refractivity contribution is 6.06. The number of fused-ring (bicyclic) bond motifs is 1. The van der Waals surface area contributed by atoms with Crippen molar-refractivity contribution in [2.24, 2.45) is 0 Å². The monoisotopic (exact) mass is 356 g/mol. The summed E-state index contributed by atoms with van der Waals surface area (Å²) in [7, 11) is 0. The molecular weight excluding hydrogens is 340 g/mol. The number of nitrogens with one attached hydrogen (secondary N) is 3. The quantitative estimate of drug-likeness (QED) is 0.372. The molecule has 0 bridgehead atoms. The van der Waals surface area contributed by atoms with E-state index in [1.165, 1.54) is 6.08 Å². The van der Waals surface area contributed by atoms with E-state index in [0.717, 1.165) is 16.6 Å². The fourth-order valence-corrected chi connectivity index (χ4v) is 2.67. The van der Waals surface area contributed by atoms with Crippen LogP contribution in [0.2, 0.25) is 0 Å². The van der Waals surface area contributed by atoms with Crippen LogP contribution in [0, 0.1) is 0 Å². The molecule has 0 aliphatic heterocycles. The van der Waals surface area contributed by atoms with E-state index in [4.69, 9.17) is 0 Å². The Morgan fingerprint density at radius 3 is 2.52 bits per heavy atom. The molecule has 0 unspecified atom stereocenters. The maximum atomic E-state index is 12.3. The number of imidazole rings is 1. The molecule has 4 rings (SSSR count). The van der Waals surface area contributed by atoms with Gasteiger partial charge in [-0.3, -0.25) is 9.59 Å². The molecule has 4 aromatic rings. The number of ketones is 1. The zero-order valence-electron chi connectivity index (χ0n) is 14.3. The molecule has 0 spiro atoms. The number of amides is 1. The van der Waals surface area contributed by atoms with Crippen LogP contribution in [0.4, 0.5) is 5.82 Å². The van der Waals surface area contributed by atoms with E-state index in [9.17, 15) is 9.59 Å². The summed E-state index contributed by atoms with van der Waals surface area (Å²) in [6.07, 6.45) is 4.90. The van der Waals surface area contributed by atoms with Gasteiger partial charge in [0, 0.05) is 11.8 Å². The van der Waals surface area contributed by atoms with Crippen LogP contribution in [0.3, 0.4) is 0 Å². The lowest BCUT2D eigenvalue weighted by Gasteiger charge is -2.03. The molecule has 3 N–H and O–H groups in total. The molecule has 0 saturated heterocycles. The first kappa shape index (κ1) is 16.5. The van der Waals surface area contributed by atoms with Crippen molar-refractivity contribution in [1.82, 2.24) is 15.0 Å². The molecule has 0 aliphatic rings. The molecule has 132 valence electrons. The molecule has 0 saturated carbocycles. The third-order valence-electron chi connectivity index (χ3n) is 4.07. The fourth-order valence-electron chi connectivity index (χ4n) is 2.67. The summed E-state index contributed by atoms with van der Waals surface area (Å²) >= 11 is 0. The first-order valence-corrected chi connectivity index (χ1v) is 8.41. The number of carbonyl (C=O) groups excluding carboxylic acids is 2. The topological polar surface area (TPSA) is 90.6 Å². The maximum Gasteiger partial charge on any atom is 0.256 e. The van der Waals surface area contributed by atoms with Crippen LogP contribution < -0.4 is 5.32 Å². The smallest absolute Gasteiger partial charge is 0.256 e. The van der Waals surface area contributed by atoms with Crippen LogP contribution in [0.15, 0.2) is 72.9 Å². The number of para-hydroxylation sites is 2. The standard InChI is InChI=1S/C21H16N4O2/c26-18(20-23-16-4-1-2-5-17(16)24-20)12-9-14-7-10-15(11-8-14)21(27)25-19-6-3-13-22-19/h1-13,22H,(H,23,24)(H,25,27). The van der Waals surface area contributed by atoms with Crippen LogP contribution in [0.5, 0.6) is 0 Å². The number of nitrogens with zero attached hydrogens (tertiary/aromatic N) is 1. The molecule has 2 heterocycles. The first-order chi connectivity index (χ1) is 13.2. The van der Waals surface area contributed by atoms with Crippen LogP contribution in [0.1, 0.15) is 26.5 Å². The summed E-state index contributed by atoms with van der Waals surface area (Å²) in [5.74, 6) is 0.529. The largest absolute Gasteiger partial charge is 0.348 e. The molecule has 1 amide bonds. The molecule has 6 heteroatoms. The van der Waals surface area contributed by atoms with Crippen molar-refractivity contribution < 1.29 is 9.59 Å². The van der Waals surface area contributed by atoms with Crippen molar-refractivity contribution in [1.29, 1.82) is 0 Å². The maximum absolute atomic E-state index is 12.3. The number of benzene rings is 2. The molecule has 0 atom stereocenters. The summed E-state index contributed by atoms with van der Waals surface area (Å²) in [5.41, 5.74) is 2.93. The van der Waals surface area contributed by atoms with Gasteiger partial charge in [-0.05, 0) is 48.0 Å². The van der Waals surface area contributed by atoms with Gasteiger partial charge >= 0.3 is 0 Å². The molecule has 0 aliphatic carbocycles. The number of aromatic nitrogens is 3. The first-order valence-electron chi connectivity index (χ1n) is 8.41. The number of aromatic amines is 2. The lowest BCUT2D eigenvalue weighted by Crippen LogP contribution is -2.11. The van der Waals surface area contributed by atoms with Gasteiger partial charge < -0.3 is 15.3 Å². The number of hydrogen-bond donors (Lipinski definition) is 3. The Kier molecular flexibility index (Phi) is 4.37. The van der Waals surface area contributed by atoms with Gasteiger partial charge in [-0.25, -0.2) is 4.98 Å². The lowest BCUT2D eigenvalue weighted by atomic mass is 10.1. The average molecular weight is 356 g/mol. The van der Waals surface area contributed by atoms with E-state index in [0.29, 0.717) is 17.2 Å². The number of anilines is 1. The zero-order valence-corrected chi connectivity index (χ0v) is 14.3. The van der Waals surface area contributed by atoms with Gasteiger partial charge in [0.15, 0.2) is 5.82 Å². The average Bonchev–Trinajstić information content (AvgIpc) is 3.36. The Morgan fingerprint density at radius 1 is 0.963 bits per heavy atom. The molecule has 6 nitrogen and oxygen atoms in total. The predicted octanol–water partition coefficient (Wildman–Crippen LogP) is 4.04. The van der Waals surface area contributed by atoms with Crippen LogP contribution >= 0.6 is 0 Å². The van der Waals surface area contributed by atoms with Gasteiger partial charge in [-0.2, -0.15) is 0 Å². The van der Waals surface area contributed by atoms with E-state index < -0.39 is 0 Å². The predicted molar refractivity (Wildman–Crippen MR) is 105 cm³/mol. The second kappa shape index (κ2) is 7.13. The Labute approximate surface area is 155 Å². The molecule has 0 fully saturated rings. The van der Waals surface area contributed by atoms with Gasteiger partial charge in [-0.15, -0.1) is 0 Å². The molecular formula is C21H16N4O2. The van der Waals surface area contributed by atoms with Crippen molar-refractivity contribution >= 4 is 34.6 Å². The second-order valence-corrected chi connectivity index (χ2v) is 5.96. The molecule has 2 aromatic carbocycles. The number of H-pyrrole nitrogens is 2. The van der Waals surface area contributed by atoms with Crippen LogP contribution in [-0.4, -0.2) is 26.6 Å². The van der Waals surface area contributed by atoms with Gasteiger partial charge in [-0.1, -0.05) is 30.3 Å². The summed E-state index contributed by atoms with van der Waals surface area (Å²) < 4.78 is 0. The van der Waals surface area contributed by atoms with E-state index in [1.54, 1.807) is 42.6 Å². The fraction of sp³-hybridized carbons (Fsp3) is 0.